The molecule has 176 valence electrons. The number of nitrogens with zero attached hydrogens (tertiary/aromatic N) is 3. The van der Waals surface area contributed by atoms with Gasteiger partial charge in [0.2, 0.25) is 0 Å². The van der Waals surface area contributed by atoms with E-state index in [1.165, 1.54) is 15.9 Å². The molecule has 1 aliphatic rings. The van der Waals surface area contributed by atoms with Crippen molar-refractivity contribution in [3.63, 3.8) is 0 Å². The average Bonchev–Trinajstić information content (AvgIpc) is 3.53. The van der Waals surface area contributed by atoms with Crippen molar-refractivity contribution in [3.05, 3.63) is 53.2 Å². The fraction of sp³-hybridized carbons (Fsp3) is 0.292. The molecular weight excluding hydrogens is 456 g/mol. The van der Waals surface area contributed by atoms with Gasteiger partial charge in [0, 0.05) is 50.1 Å². The molecule has 5 rings (SSSR count). The van der Waals surface area contributed by atoms with Crippen LogP contribution in [0.25, 0.3) is 21.1 Å². The second-order valence-electron chi connectivity index (χ2n) is 8.17. The Labute approximate surface area is 199 Å². The summed E-state index contributed by atoms with van der Waals surface area (Å²) in [6, 6.07) is 11.0. The highest BCUT2D eigenvalue weighted by molar-refractivity contribution is 7.21. The van der Waals surface area contributed by atoms with Crippen LogP contribution in [-0.2, 0) is 9.47 Å². The predicted molar refractivity (Wildman–Crippen MR) is 130 cm³/mol. The van der Waals surface area contributed by atoms with Gasteiger partial charge in [0.25, 0.3) is 11.8 Å². The van der Waals surface area contributed by atoms with Crippen molar-refractivity contribution >= 4 is 55.8 Å². The van der Waals surface area contributed by atoms with Crippen molar-refractivity contribution in [3.8, 4) is 0 Å². The van der Waals surface area contributed by atoms with E-state index in [1.807, 2.05) is 24.3 Å². The van der Waals surface area contributed by atoms with Crippen molar-refractivity contribution in [2.24, 2.45) is 0 Å². The number of aromatic nitrogens is 2. The smallest absolute Gasteiger partial charge is 0.416 e. The molecule has 10 heteroatoms. The van der Waals surface area contributed by atoms with E-state index in [9.17, 15) is 14.7 Å². The summed E-state index contributed by atoms with van der Waals surface area (Å²) < 4.78 is 13.2. The van der Waals surface area contributed by atoms with E-state index in [-0.39, 0.29) is 5.91 Å². The summed E-state index contributed by atoms with van der Waals surface area (Å²) in [6.07, 6.45) is 2.10. The number of anilines is 2. The summed E-state index contributed by atoms with van der Waals surface area (Å²) >= 11 is 1.36. The number of aryl methyl sites for hydroxylation is 1. The quantitative estimate of drug-likeness (QED) is 0.387. The third kappa shape index (κ3) is 3.51. The SMILES string of the molecule is COC1(OC)CCCN1C(=O)c1cc2nccc(Nc3ccc4c(c3)cc(C)n4C(=O)O)c2s1. The number of fused-ring (bicyclic) bond motifs is 2. The second kappa shape index (κ2) is 8.39. The molecule has 1 aliphatic heterocycles. The van der Waals surface area contributed by atoms with Crippen molar-refractivity contribution in [1.29, 1.82) is 0 Å². The lowest BCUT2D eigenvalue weighted by Gasteiger charge is -2.34. The van der Waals surface area contributed by atoms with Gasteiger partial charge in [-0.2, -0.15) is 0 Å². The van der Waals surface area contributed by atoms with Crippen LogP contribution < -0.4 is 5.32 Å². The number of likely N-dealkylation sites (tertiary alicyclic amines) is 1. The number of carbonyl (C=O) groups excluding carboxylic acids is 1. The van der Waals surface area contributed by atoms with Crippen LogP contribution in [0.3, 0.4) is 0 Å². The van der Waals surface area contributed by atoms with E-state index in [0.717, 1.165) is 27.9 Å². The van der Waals surface area contributed by atoms with Crippen LogP contribution in [0, 0.1) is 6.92 Å². The van der Waals surface area contributed by atoms with E-state index in [1.54, 1.807) is 44.4 Å². The maximum atomic E-state index is 13.3. The number of hydrogen-bond acceptors (Lipinski definition) is 7. The molecule has 0 saturated carbocycles. The Kier molecular flexibility index (Phi) is 5.51. The molecule has 0 radical (unpaired) electrons. The minimum absolute atomic E-state index is 0.151. The van der Waals surface area contributed by atoms with Gasteiger partial charge in [0.15, 0.2) is 0 Å². The van der Waals surface area contributed by atoms with Gasteiger partial charge in [-0.1, -0.05) is 0 Å². The van der Waals surface area contributed by atoms with Crippen LogP contribution in [0.1, 0.15) is 28.2 Å². The van der Waals surface area contributed by atoms with Crippen molar-refractivity contribution in [1.82, 2.24) is 14.5 Å². The predicted octanol–water partition coefficient (Wildman–Crippen LogP) is 5.01. The van der Waals surface area contributed by atoms with Crippen LogP contribution in [-0.4, -0.2) is 58.2 Å². The zero-order valence-corrected chi connectivity index (χ0v) is 19.8. The Morgan fingerprint density at radius 3 is 2.71 bits per heavy atom. The van der Waals surface area contributed by atoms with E-state index in [2.05, 4.69) is 10.3 Å². The Bertz CT molecular complexity index is 1420. The molecule has 1 fully saturated rings. The van der Waals surface area contributed by atoms with Gasteiger partial charge in [0.1, 0.15) is 0 Å². The van der Waals surface area contributed by atoms with E-state index in [4.69, 9.17) is 9.47 Å². The third-order valence-electron chi connectivity index (χ3n) is 6.25. The van der Waals surface area contributed by atoms with Crippen LogP contribution in [0.4, 0.5) is 16.2 Å². The van der Waals surface area contributed by atoms with Gasteiger partial charge in [-0.25, -0.2) is 4.79 Å². The number of thiophene rings is 1. The molecule has 2 N–H and O–H groups in total. The molecule has 1 aromatic carbocycles. The maximum absolute atomic E-state index is 13.3. The van der Waals surface area contributed by atoms with Gasteiger partial charge in [-0.3, -0.25) is 19.2 Å². The molecule has 1 amide bonds. The highest BCUT2D eigenvalue weighted by Crippen LogP contribution is 2.37. The molecule has 0 atom stereocenters. The number of rotatable bonds is 5. The Hall–Kier alpha value is -3.47. The minimum Gasteiger partial charge on any atom is -0.464 e. The molecule has 0 bridgehead atoms. The summed E-state index contributed by atoms with van der Waals surface area (Å²) in [5, 5.41) is 13.7. The standard InChI is InChI=1S/C24H24N4O5S/c1-14-11-15-12-16(5-6-19(15)28(14)23(30)31)26-17-7-9-25-18-13-20(34-21(17)18)22(29)27-10-4-8-24(27,32-2)33-3/h5-7,9,11-13H,4,8,10H2,1-3H3,(H,25,26)(H,30,31). The monoisotopic (exact) mass is 480 g/mol. The molecule has 4 heterocycles. The zero-order valence-electron chi connectivity index (χ0n) is 19.0. The van der Waals surface area contributed by atoms with Gasteiger partial charge in [-0.15, -0.1) is 11.3 Å². The lowest BCUT2D eigenvalue weighted by molar-refractivity contribution is -0.263. The normalized spacial score (nSPS) is 15.3. The fourth-order valence-electron chi connectivity index (χ4n) is 4.65. The summed E-state index contributed by atoms with van der Waals surface area (Å²) in [6.45, 7) is 2.32. The first-order valence-corrected chi connectivity index (χ1v) is 11.6. The van der Waals surface area contributed by atoms with Crippen LogP contribution in [0.15, 0.2) is 42.6 Å². The molecule has 3 aromatic heterocycles. The van der Waals surface area contributed by atoms with E-state index in [0.29, 0.717) is 34.6 Å². The van der Waals surface area contributed by atoms with E-state index >= 15 is 0 Å². The molecule has 9 nitrogen and oxygen atoms in total. The maximum Gasteiger partial charge on any atom is 0.416 e. The first-order valence-electron chi connectivity index (χ1n) is 10.8. The Morgan fingerprint density at radius 2 is 1.97 bits per heavy atom. The highest BCUT2D eigenvalue weighted by atomic mass is 32.1. The fourth-order valence-corrected chi connectivity index (χ4v) is 5.68. The number of ether oxygens (including phenoxy) is 2. The molecule has 1 saturated heterocycles. The molecular formula is C24H24N4O5S. The lowest BCUT2D eigenvalue weighted by atomic mass is 10.2. The highest BCUT2D eigenvalue weighted by Gasteiger charge is 2.45. The van der Waals surface area contributed by atoms with Gasteiger partial charge >= 0.3 is 6.09 Å². The molecule has 0 spiro atoms. The summed E-state index contributed by atoms with van der Waals surface area (Å²) in [4.78, 5) is 31.5. The van der Waals surface area contributed by atoms with Crippen LogP contribution >= 0.6 is 11.3 Å². The van der Waals surface area contributed by atoms with E-state index < -0.39 is 12.0 Å². The third-order valence-corrected chi connectivity index (χ3v) is 7.39. The zero-order chi connectivity index (χ0) is 24.0. The van der Waals surface area contributed by atoms with Gasteiger partial charge in [0.05, 0.1) is 26.3 Å². The summed E-state index contributed by atoms with van der Waals surface area (Å²) in [7, 11) is 3.10. The Morgan fingerprint density at radius 1 is 1.18 bits per heavy atom. The molecule has 0 aliphatic carbocycles. The first-order chi connectivity index (χ1) is 16.4. The van der Waals surface area contributed by atoms with Crippen molar-refractivity contribution in [2.45, 2.75) is 25.7 Å². The average molecular weight is 481 g/mol. The number of methoxy groups -OCH3 is 2. The molecule has 4 aromatic rings. The second-order valence-corrected chi connectivity index (χ2v) is 9.22. The largest absolute Gasteiger partial charge is 0.464 e. The van der Waals surface area contributed by atoms with Crippen molar-refractivity contribution < 1.29 is 24.2 Å². The number of benzene rings is 1. The van der Waals surface area contributed by atoms with Gasteiger partial charge < -0.3 is 19.9 Å². The topological polar surface area (TPSA) is 106 Å². The molecule has 0 unspecified atom stereocenters. The minimum atomic E-state index is -1.04. The number of hydrogen-bond donors (Lipinski definition) is 2. The number of carbonyl (C=O) groups is 2. The number of carboxylic acid groups (broad SMARTS) is 1. The van der Waals surface area contributed by atoms with Crippen LogP contribution in [0.5, 0.6) is 0 Å². The summed E-state index contributed by atoms with van der Waals surface area (Å²) in [5.41, 5.74) is 3.62. The summed E-state index contributed by atoms with van der Waals surface area (Å²) in [5.74, 6) is -1.19. The lowest BCUT2D eigenvalue weighted by Crippen LogP contribution is -2.50. The molecule has 34 heavy (non-hydrogen) atoms. The number of nitrogens with one attached hydrogen (secondary N) is 1. The van der Waals surface area contributed by atoms with Crippen LogP contribution in [0.2, 0.25) is 0 Å². The van der Waals surface area contributed by atoms with Gasteiger partial charge in [-0.05, 0) is 49.7 Å². The number of amides is 1. The number of pyridine rings is 1. The first kappa shape index (κ1) is 22.3. The van der Waals surface area contributed by atoms with Crippen molar-refractivity contribution in [2.75, 3.05) is 26.1 Å². The Balaban J connectivity index is 1.48.